The van der Waals surface area contributed by atoms with E-state index in [2.05, 4.69) is 5.32 Å². The summed E-state index contributed by atoms with van der Waals surface area (Å²) in [5.74, 6) is 0.846. The zero-order valence-corrected chi connectivity index (χ0v) is 15.4. The first-order chi connectivity index (χ1) is 12.4. The van der Waals surface area contributed by atoms with E-state index < -0.39 is 9.84 Å². The Morgan fingerprint density at radius 2 is 1.85 bits per heavy atom. The Balaban J connectivity index is 1.53. The van der Waals surface area contributed by atoms with E-state index in [1.165, 1.54) is 0 Å². The number of nitrogens with zero attached hydrogens (tertiary/aromatic N) is 1. The van der Waals surface area contributed by atoms with Crippen LogP contribution in [-0.4, -0.2) is 45.5 Å². The monoisotopic (exact) mass is 374 g/mol. The minimum atomic E-state index is -2.91. The zero-order valence-electron chi connectivity index (χ0n) is 14.6. The van der Waals surface area contributed by atoms with Crippen molar-refractivity contribution in [3.63, 3.8) is 0 Å². The van der Waals surface area contributed by atoms with Gasteiger partial charge >= 0.3 is 0 Å². The summed E-state index contributed by atoms with van der Waals surface area (Å²) < 4.78 is 28.7. The lowest BCUT2D eigenvalue weighted by Gasteiger charge is -2.25. The average molecular weight is 374 g/mol. The van der Waals surface area contributed by atoms with E-state index in [9.17, 15) is 13.2 Å². The highest BCUT2D eigenvalue weighted by atomic mass is 32.2. The Morgan fingerprint density at radius 1 is 1.15 bits per heavy atom. The van der Waals surface area contributed by atoms with Crippen molar-refractivity contribution in [2.45, 2.75) is 12.5 Å². The molecule has 0 aromatic heterocycles. The molecule has 0 saturated carbocycles. The van der Waals surface area contributed by atoms with Gasteiger partial charge in [0.1, 0.15) is 5.75 Å². The molecule has 1 saturated heterocycles. The number of benzene rings is 2. The summed E-state index contributed by atoms with van der Waals surface area (Å²) in [6, 6.07) is 16.5. The molecule has 1 aliphatic heterocycles. The Hall–Kier alpha value is -2.54. The number of amides is 1. The predicted molar refractivity (Wildman–Crippen MR) is 102 cm³/mol. The van der Waals surface area contributed by atoms with E-state index in [4.69, 9.17) is 4.74 Å². The quantitative estimate of drug-likeness (QED) is 0.840. The molecule has 2 aromatic carbocycles. The molecule has 1 unspecified atom stereocenters. The number of anilines is 2. The minimum Gasteiger partial charge on any atom is -0.484 e. The number of carbonyl (C=O) groups is 1. The topological polar surface area (TPSA) is 75.7 Å². The third-order valence-corrected chi connectivity index (χ3v) is 6.18. The van der Waals surface area contributed by atoms with Gasteiger partial charge in [0, 0.05) is 24.5 Å². The van der Waals surface area contributed by atoms with Crippen molar-refractivity contribution in [3.8, 4) is 5.75 Å². The van der Waals surface area contributed by atoms with Crippen molar-refractivity contribution in [2.24, 2.45) is 0 Å². The number of carbonyl (C=O) groups excluding carboxylic acids is 1. The SMILES string of the molecule is CN(c1ccc(NC(=O)COc2ccccc2)cc1)C1CCS(=O)(=O)C1. The largest absolute Gasteiger partial charge is 0.484 e. The smallest absolute Gasteiger partial charge is 0.262 e. The number of sulfone groups is 1. The van der Waals surface area contributed by atoms with Gasteiger partial charge < -0.3 is 15.0 Å². The third kappa shape index (κ3) is 4.76. The summed E-state index contributed by atoms with van der Waals surface area (Å²) in [6.07, 6.45) is 0.647. The Labute approximate surface area is 153 Å². The normalized spacial score (nSPS) is 18.3. The summed E-state index contributed by atoms with van der Waals surface area (Å²) in [5, 5.41) is 2.78. The third-order valence-electron chi connectivity index (χ3n) is 4.43. The number of nitrogens with one attached hydrogen (secondary N) is 1. The van der Waals surface area contributed by atoms with Gasteiger partial charge in [-0.15, -0.1) is 0 Å². The van der Waals surface area contributed by atoms with Gasteiger partial charge in [0.2, 0.25) is 0 Å². The van der Waals surface area contributed by atoms with Crippen molar-refractivity contribution >= 4 is 27.1 Å². The molecule has 1 aliphatic rings. The fourth-order valence-corrected chi connectivity index (χ4v) is 4.71. The van der Waals surface area contributed by atoms with E-state index in [1.54, 1.807) is 24.3 Å². The lowest BCUT2D eigenvalue weighted by atomic mass is 10.2. The first-order valence-corrected chi connectivity index (χ1v) is 10.3. The van der Waals surface area contributed by atoms with Crippen molar-refractivity contribution in [1.82, 2.24) is 0 Å². The van der Waals surface area contributed by atoms with Crippen LogP contribution in [0.15, 0.2) is 54.6 Å². The summed E-state index contributed by atoms with van der Waals surface area (Å²) in [4.78, 5) is 14.0. The van der Waals surface area contributed by atoms with Crippen LogP contribution in [0, 0.1) is 0 Å². The van der Waals surface area contributed by atoms with Gasteiger partial charge in [0.05, 0.1) is 11.5 Å². The summed E-state index contributed by atoms with van der Waals surface area (Å²) in [7, 11) is -1.02. The van der Waals surface area contributed by atoms with Gasteiger partial charge in [-0.05, 0) is 42.8 Å². The van der Waals surface area contributed by atoms with Crippen LogP contribution in [0.4, 0.5) is 11.4 Å². The molecule has 1 heterocycles. The number of ether oxygens (including phenoxy) is 1. The number of rotatable bonds is 6. The lowest BCUT2D eigenvalue weighted by Crippen LogP contribution is -2.32. The lowest BCUT2D eigenvalue weighted by molar-refractivity contribution is -0.118. The maximum Gasteiger partial charge on any atom is 0.262 e. The van der Waals surface area contributed by atoms with Gasteiger partial charge in [-0.25, -0.2) is 8.42 Å². The molecule has 1 amide bonds. The Morgan fingerprint density at radius 3 is 2.46 bits per heavy atom. The fraction of sp³-hybridized carbons (Fsp3) is 0.316. The van der Waals surface area contributed by atoms with Crippen LogP contribution in [0.1, 0.15) is 6.42 Å². The molecule has 1 atom stereocenters. The van der Waals surface area contributed by atoms with Crippen molar-refractivity contribution in [2.75, 3.05) is 35.4 Å². The second kappa shape index (κ2) is 7.78. The van der Waals surface area contributed by atoms with Gasteiger partial charge in [-0.2, -0.15) is 0 Å². The molecule has 0 aliphatic carbocycles. The molecule has 2 aromatic rings. The van der Waals surface area contributed by atoms with Crippen LogP contribution in [0.5, 0.6) is 5.75 Å². The van der Waals surface area contributed by atoms with Gasteiger partial charge in [0.15, 0.2) is 16.4 Å². The van der Waals surface area contributed by atoms with E-state index >= 15 is 0 Å². The summed E-state index contributed by atoms with van der Waals surface area (Å²) >= 11 is 0. The number of hydrogen-bond donors (Lipinski definition) is 1. The highest BCUT2D eigenvalue weighted by Crippen LogP contribution is 2.24. The molecule has 7 heteroatoms. The van der Waals surface area contributed by atoms with E-state index in [-0.39, 0.29) is 30.1 Å². The fourth-order valence-electron chi connectivity index (χ4n) is 2.93. The highest BCUT2D eigenvalue weighted by molar-refractivity contribution is 7.91. The second-order valence-corrected chi connectivity index (χ2v) is 8.59. The molecular formula is C19H22N2O4S. The zero-order chi connectivity index (χ0) is 18.6. The van der Waals surface area contributed by atoms with Crippen LogP contribution in [0.25, 0.3) is 0 Å². The second-order valence-electron chi connectivity index (χ2n) is 6.36. The van der Waals surface area contributed by atoms with Gasteiger partial charge in [-0.3, -0.25) is 4.79 Å². The molecular weight excluding hydrogens is 352 g/mol. The molecule has 6 nitrogen and oxygen atoms in total. The summed E-state index contributed by atoms with van der Waals surface area (Å²) in [6.45, 7) is -0.0639. The Kier molecular flexibility index (Phi) is 5.46. The molecule has 3 rings (SSSR count). The molecule has 0 radical (unpaired) electrons. The maximum absolute atomic E-state index is 12.0. The summed E-state index contributed by atoms with van der Waals surface area (Å²) in [5.41, 5.74) is 1.59. The van der Waals surface area contributed by atoms with E-state index in [1.807, 2.05) is 42.3 Å². The van der Waals surface area contributed by atoms with Gasteiger partial charge in [0.25, 0.3) is 5.91 Å². The molecule has 1 N–H and O–H groups in total. The van der Waals surface area contributed by atoms with Crippen LogP contribution >= 0.6 is 0 Å². The van der Waals surface area contributed by atoms with E-state index in [0.717, 1.165) is 5.69 Å². The Bertz CT molecular complexity index is 851. The molecule has 0 spiro atoms. The number of para-hydroxylation sites is 1. The van der Waals surface area contributed by atoms with Gasteiger partial charge in [-0.1, -0.05) is 18.2 Å². The molecule has 26 heavy (non-hydrogen) atoms. The van der Waals surface area contributed by atoms with Crippen LogP contribution in [0.3, 0.4) is 0 Å². The standard InChI is InChI=1S/C19H22N2O4S/c1-21(17-11-12-26(23,24)14-17)16-9-7-15(8-10-16)20-19(22)13-25-18-5-3-2-4-6-18/h2-10,17H,11-14H2,1H3,(H,20,22). The molecule has 1 fully saturated rings. The maximum atomic E-state index is 12.0. The van der Waals surface area contributed by atoms with Crippen LogP contribution < -0.4 is 15.0 Å². The van der Waals surface area contributed by atoms with Crippen molar-refractivity contribution < 1.29 is 17.9 Å². The first kappa shape index (κ1) is 18.3. The first-order valence-electron chi connectivity index (χ1n) is 8.44. The van der Waals surface area contributed by atoms with Crippen LogP contribution in [-0.2, 0) is 14.6 Å². The minimum absolute atomic E-state index is 0.000265. The average Bonchev–Trinajstić information content (AvgIpc) is 3.01. The molecule has 138 valence electrons. The van der Waals surface area contributed by atoms with Crippen molar-refractivity contribution in [3.05, 3.63) is 54.6 Å². The molecule has 0 bridgehead atoms. The highest BCUT2D eigenvalue weighted by Gasteiger charge is 2.30. The predicted octanol–water partition coefficient (Wildman–Crippen LogP) is 2.33. The van der Waals surface area contributed by atoms with Crippen molar-refractivity contribution in [1.29, 1.82) is 0 Å². The van der Waals surface area contributed by atoms with E-state index in [0.29, 0.717) is 17.9 Å². The number of hydrogen-bond acceptors (Lipinski definition) is 5. The van der Waals surface area contributed by atoms with Crippen LogP contribution in [0.2, 0.25) is 0 Å².